The minimum atomic E-state index is 0.129. The highest BCUT2D eigenvalue weighted by molar-refractivity contribution is 5.74. The smallest absolute Gasteiger partial charge is 0.154 e. The van der Waals surface area contributed by atoms with Crippen molar-refractivity contribution in [2.24, 2.45) is 11.1 Å². The Morgan fingerprint density at radius 2 is 1.81 bits per heavy atom. The van der Waals surface area contributed by atoms with Gasteiger partial charge in [0, 0.05) is 49.0 Å². The molecule has 0 unspecified atom stereocenters. The Morgan fingerprint density at radius 3 is 2.62 bits per heavy atom. The molecule has 2 N–H and O–H groups in total. The highest BCUT2D eigenvalue weighted by Crippen LogP contribution is 2.51. The normalized spacial score (nSPS) is 19.6. The van der Waals surface area contributed by atoms with E-state index in [-0.39, 0.29) is 11.5 Å². The molecule has 6 heteroatoms. The summed E-state index contributed by atoms with van der Waals surface area (Å²) in [5.74, 6) is 1.95. The van der Waals surface area contributed by atoms with Crippen LogP contribution in [0.4, 0.5) is 5.82 Å². The molecule has 2 aliphatic rings. The molecule has 1 atom stereocenters. The molecular weight excluding hydrogens is 396 g/mol. The molecule has 3 aromatic heterocycles. The van der Waals surface area contributed by atoms with Crippen LogP contribution >= 0.6 is 0 Å². The van der Waals surface area contributed by atoms with E-state index in [9.17, 15) is 0 Å². The number of hydrogen-bond donors (Lipinski definition) is 1. The number of nitrogens with zero attached hydrogens (tertiary/aromatic N) is 5. The highest BCUT2D eigenvalue weighted by Gasteiger charge is 2.46. The lowest BCUT2D eigenvalue weighted by Gasteiger charge is -2.42. The molecule has 4 aromatic rings. The largest absolute Gasteiger partial charge is 0.355 e. The number of piperidine rings is 1. The van der Waals surface area contributed by atoms with Gasteiger partial charge >= 0.3 is 0 Å². The second kappa shape index (κ2) is 7.14. The van der Waals surface area contributed by atoms with Crippen molar-refractivity contribution >= 4 is 11.3 Å². The lowest BCUT2D eigenvalue weighted by Crippen LogP contribution is -2.44. The van der Waals surface area contributed by atoms with Crippen LogP contribution in [0.2, 0.25) is 0 Å². The first-order valence-electron chi connectivity index (χ1n) is 11.4. The number of aryl methyl sites for hydroxylation is 1. The van der Waals surface area contributed by atoms with E-state index in [4.69, 9.17) is 15.7 Å². The second-order valence-corrected chi connectivity index (χ2v) is 9.36. The summed E-state index contributed by atoms with van der Waals surface area (Å²) in [6.45, 7) is 6.06. The highest BCUT2D eigenvalue weighted by atomic mass is 15.2. The maximum atomic E-state index is 6.77. The van der Waals surface area contributed by atoms with Gasteiger partial charge in [-0.3, -0.25) is 9.38 Å². The number of anilines is 1. The molecule has 1 spiro atoms. The summed E-state index contributed by atoms with van der Waals surface area (Å²) in [4.78, 5) is 16.4. The molecule has 0 amide bonds. The maximum Gasteiger partial charge on any atom is 0.154 e. The zero-order chi connectivity index (χ0) is 21.9. The Labute approximate surface area is 188 Å². The lowest BCUT2D eigenvalue weighted by atomic mass is 9.73. The van der Waals surface area contributed by atoms with Crippen LogP contribution in [-0.2, 0) is 6.42 Å². The molecule has 1 aromatic carbocycles. The molecule has 6 rings (SSSR count). The van der Waals surface area contributed by atoms with Gasteiger partial charge in [-0.05, 0) is 61.3 Å². The van der Waals surface area contributed by atoms with Crippen molar-refractivity contribution in [3.05, 3.63) is 77.5 Å². The quantitative estimate of drug-likeness (QED) is 0.521. The fraction of sp³-hybridized carbons (Fsp3) is 0.346. The average molecular weight is 425 g/mol. The number of benzene rings is 1. The number of nitrogens with two attached hydrogens (primary N) is 1. The SMILES string of the molecule is Cc1nccc(-c2ncc3c(N4CCC5(CC4)Cc4ccccc4[C@H]5N)nccn23)c1C. The van der Waals surface area contributed by atoms with Crippen molar-refractivity contribution in [1.29, 1.82) is 0 Å². The topological polar surface area (TPSA) is 72.3 Å². The number of pyridine rings is 1. The number of rotatable bonds is 2. The molecule has 6 nitrogen and oxygen atoms in total. The number of aromatic nitrogens is 4. The van der Waals surface area contributed by atoms with E-state index in [2.05, 4.69) is 45.5 Å². The van der Waals surface area contributed by atoms with E-state index in [0.717, 1.165) is 66.3 Å². The molecular formula is C26H28N6. The van der Waals surface area contributed by atoms with Crippen LogP contribution in [-0.4, -0.2) is 32.4 Å². The third kappa shape index (κ3) is 2.79. The minimum Gasteiger partial charge on any atom is -0.355 e. The predicted octanol–water partition coefficient (Wildman–Crippen LogP) is 4.25. The van der Waals surface area contributed by atoms with Gasteiger partial charge in [0.05, 0.1) is 6.20 Å². The Morgan fingerprint density at radius 1 is 1.00 bits per heavy atom. The fourth-order valence-corrected chi connectivity index (χ4v) is 5.71. The van der Waals surface area contributed by atoms with E-state index in [1.165, 1.54) is 11.1 Å². The summed E-state index contributed by atoms with van der Waals surface area (Å²) < 4.78 is 2.16. The van der Waals surface area contributed by atoms with E-state index >= 15 is 0 Å². The minimum absolute atomic E-state index is 0.129. The van der Waals surface area contributed by atoms with Crippen molar-refractivity contribution in [3.8, 4) is 11.4 Å². The molecule has 162 valence electrons. The van der Waals surface area contributed by atoms with Gasteiger partial charge in [0.15, 0.2) is 5.82 Å². The molecule has 32 heavy (non-hydrogen) atoms. The maximum absolute atomic E-state index is 6.77. The summed E-state index contributed by atoms with van der Waals surface area (Å²) in [6, 6.07) is 10.9. The van der Waals surface area contributed by atoms with Crippen molar-refractivity contribution in [1.82, 2.24) is 19.4 Å². The van der Waals surface area contributed by atoms with Gasteiger partial charge in [-0.25, -0.2) is 9.97 Å². The number of fused-ring (bicyclic) bond motifs is 2. The molecule has 1 fully saturated rings. The van der Waals surface area contributed by atoms with Gasteiger partial charge in [0.1, 0.15) is 11.3 Å². The molecule has 1 aliphatic heterocycles. The molecule has 1 saturated heterocycles. The fourth-order valence-electron chi connectivity index (χ4n) is 5.71. The summed E-state index contributed by atoms with van der Waals surface area (Å²) in [5.41, 5.74) is 14.1. The standard InChI is InChI=1S/C26H28N6/c1-17-18(2)28-10-7-20(17)24-30-16-22-25(29-11-14-32(22)24)31-12-8-26(9-13-31)15-19-5-3-4-6-21(19)23(26)27/h3-7,10-11,14,16,23H,8-9,12-13,15,27H2,1-2H3/t23-/m1/s1. The van der Waals surface area contributed by atoms with E-state index in [1.807, 2.05) is 37.8 Å². The molecule has 4 heterocycles. The van der Waals surface area contributed by atoms with Crippen molar-refractivity contribution < 1.29 is 0 Å². The Hall–Kier alpha value is -3.25. The van der Waals surface area contributed by atoms with Crippen molar-refractivity contribution in [2.45, 2.75) is 39.2 Å². The van der Waals surface area contributed by atoms with Gasteiger partial charge in [-0.2, -0.15) is 0 Å². The van der Waals surface area contributed by atoms with E-state index in [0.29, 0.717) is 0 Å². The Balaban J connectivity index is 1.31. The van der Waals surface area contributed by atoms with Gasteiger partial charge in [0.2, 0.25) is 0 Å². The van der Waals surface area contributed by atoms with Crippen LogP contribution in [0.1, 0.15) is 41.3 Å². The monoisotopic (exact) mass is 424 g/mol. The van der Waals surface area contributed by atoms with Crippen LogP contribution in [0.5, 0.6) is 0 Å². The van der Waals surface area contributed by atoms with Crippen LogP contribution in [0.3, 0.4) is 0 Å². The zero-order valence-corrected chi connectivity index (χ0v) is 18.6. The number of imidazole rings is 1. The summed E-state index contributed by atoms with van der Waals surface area (Å²) >= 11 is 0. The van der Waals surface area contributed by atoms with E-state index < -0.39 is 0 Å². The second-order valence-electron chi connectivity index (χ2n) is 9.36. The van der Waals surface area contributed by atoms with Crippen molar-refractivity contribution in [2.75, 3.05) is 18.0 Å². The zero-order valence-electron chi connectivity index (χ0n) is 18.6. The Kier molecular flexibility index (Phi) is 4.33. The summed E-state index contributed by atoms with van der Waals surface area (Å²) in [6.07, 6.45) is 10.9. The number of hydrogen-bond acceptors (Lipinski definition) is 5. The Bertz CT molecular complexity index is 1320. The van der Waals surface area contributed by atoms with Gasteiger partial charge < -0.3 is 10.6 Å². The first-order chi connectivity index (χ1) is 15.6. The third-order valence-corrected chi connectivity index (χ3v) is 7.79. The van der Waals surface area contributed by atoms with Crippen LogP contribution in [0, 0.1) is 19.3 Å². The van der Waals surface area contributed by atoms with Crippen LogP contribution < -0.4 is 10.6 Å². The molecule has 0 radical (unpaired) electrons. The molecule has 0 saturated carbocycles. The summed E-state index contributed by atoms with van der Waals surface area (Å²) in [7, 11) is 0. The average Bonchev–Trinajstić information content (AvgIpc) is 3.36. The first-order valence-corrected chi connectivity index (χ1v) is 11.4. The third-order valence-electron chi connectivity index (χ3n) is 7.79. The van der Waals surface area contributed by atoms with Crippen molar-refractivity contribution in [3.63, 3.8) is 0 Å². The molecule has 1 aliphatic carbocycles. The first kappa shape index (κ1) is 19.4. The van der Waals surface area contributed by atoms with Crippen LogP contribution in [0.15, 0.2) is 55.1 Å². The van der Waals surface area contributed by atoms with Gasteiger partial charge in [-0.15, -0.1) is 0 Å². The molecule has 0 bridgehead atoms. The van der Waals surface area contributed by atoms with E-state index in [1.54, 1.807) is 0 Å². The lowest BCUT2D eigenvalue weighted by molar-refractivity contribution is 0.187. The van der Waals surface area contributed by atoms with Gasteiger partial charge in [-0.1, -0.05) is 24.3 Å². The van der Waals surface area contributed by atoms with Crippen LogP contribution in [0.25, 0.3) is 16.9 Å². The van der Waals surface area contributed by atoms with Gasteiger partial charge in [0.25, 0.3) is 0 Å². The summed E-state index contributed by atoms with van der Waals surface area (Å²) in [5, 5.41) is 0. The predicted molar refractivity (Wildman–Crippen MR) is 127 cm³/mol.